The van der Waals surface area contributed by atoms with Gasteiger partial charge in [-0.15, -0.1) is 0 Å². The molecular formula is C16H18ClNS. The summed E-state index contributed by atoms with van der Waals surface area (Å²) >= 11 is 7.74. The van der Waals surface area contributed by atoms with E-state index in [-0.39, 0.29) is 0 Å². The second-order valence-electron chi connectivity index (χ2n) is 5.20. The Morgan fingerprint density at radius 1 is 1.21 bits per heavy atom. The second-order valence-corrected chi connectivity index (χ2v) is 6.42. The van der Waals surface area contributed by atoms with Gasteiger partial charge in [0.2, 0.25) is 0 Å². The van der Waals surface area contributed by atoms with Crippen LogP contribution in [0.2, 0.25) is 5.02 Å². The van der Waals surface area contributed by atoms with Gasteiger partial charge in [0.15, 0.2) is 0 Å². The zero-order valence-corrected chi connectivity index (χ0v) is 12.4. The Morgan fingerprint density at radius 2 is 2.00 bits per heavy atom. The molecule has 1 fully saturated rings. The predicted molar refractivity (Wildman–Crippen MR) is 82.9 cm³/mol. The van der Waals surface area contributed by atoms with Crippen molar-refractivity contribution in [3.63, 3.8) is 0 Å². The molecule has 0 spiro atoms. The average Bonchev–Trinajstić information content (AvgIpc) is 3.13. The molecule has 100 valence electrons. The van der Waals surface area contributed by atoms with Crippen LogP contribution in [0.5, 0.6) is 0 Å². The monoisotopic (exact) mass is 291 g/mol. The Morgan fingerprint density at radius 3 is 2.63 bits per heavy atom. The summed E-state index contributed by atoms with van der Waals surface area (Å²) in [7, 11) is 0. The first-order valence-electron chi connectivity index (χ1n) is 6.83. The third kappa shape index (κ3) is 3.59. The van der Waals surface area contributed by atoms with Gasteiger partial charge in [0.05, 0.1) is 0 Å². The molecule has 3 heteroatoms. The van der Waals surface area contributed by atoms with Gasteiger partial charge in [-0.3, -0.25) is 0 Å². The maximum Gasteiger partial charge on any atom is 0.0406 e. The van der Waals surface area contributed by atoms with Crippen molar-refractivity contribution in [1.29, 1.82) is 0 Å². The van der Waals surface area contributed by atoms with E-state index in [2.05, 4.69) is 34.3 Å². The number of rotatable bonds is 6. The fourth-order valence-corrected chi connectivity index (χ4v) is 3.29. The van der Waals surface area contributed by atoms with E-state index in [1.807, 2.05) is 12.1 Å². The Balaban J connectivity index is 1.60. The molecule has 3 rings (SSSR count). The second kappa shape index (κ2) is 6.08. The SMILES string of the molecule is Clc1ccc(C(NCCc2ccsc2)C2CC2)cc1. The molecule has 1 atom stereocenters. The van der Waals surface area contributed by atoms with Crippen LogP contribution in [0.4, 0.5) is 0 Å². The van der Waals surface area contributed by atoms with Crippen LogP contribution in [0, 0.1) is 5.92 Å². The van der Waals surface area contributed by atoms with E-state index >= 15 is 0 Å². The van der Waals surface area contributed by atoms with E-state index in [1.54, 1.807) is 11.3 Å². The van der Waals surface area contributed by atoms with Crippen LogP contribution in [0.1, 0.15) is 30.0 Å². The molecule has 0 aliphatic heterocycles. The molecule has 1 aromatic heterocycles. The van der Waals surface area contributed by atoms with Gasteiger partial charge in [0.1, 0.15) is 0 Å². The molecule has 0 radical (unpaired) electrons. The van der Waals surface area contributed by atoms with Crippen LogP contribution in [0.15, 0.2) is 41.1 Å². The first-order valence-corrected chi connectivity index (χ1v) is 8.15. The van der Waals surface area contributed by atoms with Crippen LogP contribution in [-0.4, -0.2) is 6.54 Å². The number of hydrogen-bond donors (Lipinski definition) is 1. The van der Waals surface area contributed by atoms with E-state index in [0.717, 1.165) is 23.9 Å². The van der Waals surface area contributed by atoms with E-state index < -0.39 is 0 Å². The summed E-state index contributed by atoms with van der Waals surface area (Å²) in [4.78, 5) is 0. The summed E-state index contributed by atoms with van der Waals surface area (Å²) < 4.78 is 0. The van der Waals surface area contributed by atoms with Gasteiger partial charge in [-0.1, -0.05) is 23.7 Å². The van der Waals surface area contributed by atoms with Gasteiger partial charge >= 0.3 is 0 Å². The molecule has 1 aliphatic carbocycles. The Kier molecular flexibility index (Phi) is 4.21. The minimum Gasteiger partial charge on any atom is -0.309 e. The fourth-order valence-electron chi connectivity index (χ4n) is 2.46. The summed E-state index contributed by atoms with van der Waals surface area (Å²) in [6.45, 7) is 1.04. The zero-order chi connectivity index (χ0) is 13.1. The molecule has 1 N–H and O–H groups in total. The van der Waals surface area contributed by atoms with Crippen molar-refractivity contribution in [1.82, 2.24) is 5.32 Å². The van der Waals surface area contributed by atoms with Gasteiger partial charge in [0, 0.05) is 11.1 Å². The Bertz CT molecular complexity index is 502. The van der Waals surface area contributed by atoms with Crippen molar-refractivity contribution in [2.75, 3.05) is 6.54 Å². The fraction of sp³-hybridized carbons (Fsp3) is 0.375. The van der Waals surface area contributed by atoms with Crippen LogP contribution in [0.25, 0.3) is 0 Å². The van der Waals surface area contributed by atoms with E-state index in [9.17, 15) is 0 Å². The molecule has 1 unspecified atom stereocenters. The number of hydrogen-bond acceptors (Lipinski definition) is 2. The lowest BCUT2D eigenvalue weighted by atomic mass is 10.0. The number of benzene rings is 1. The lowest BCUT2D eigenvalue weighted by Gasteiger charge is -2.18. The first-order chi connectivity index (χ1) is 9.33. The van der Waals surface area contributed by atoms with Crippen molar-refractivity contribution in [3.05, 3.63) is 57.2 Å². The van der Waals surface area contributed by atoms with E-state index in [0.29, 0.717) is 6.04 Å². The standard InChI is InChI=1S/C16H18ClNS/c17-15-5-3-14(4-6-15)16(13-1-2-13)18-9-7-12-8-10-19-11-12/h3-6,8,10-11,13,16,18H,1-2,7,9H2. The maximum absolute atomic E-state index is 5.96. The summed E-state index contributed by atoms with van der Waals surface area (Å²) in [6, 6.07) is 11.0. The van der Waals surface area contributed by atoms with E-state index in [1.165, 1.54) is 24.0 Å². The highest BCUT2D eigenvalue weighted by Crippen LogP contribution is 2.41. The van der Waals surface area contributed by atoms with Crippen molar-refractivity contribution < 1.29 is 0 Å². The third-order valence-corrected chi connectivity index (χ3v) is 4.66. The van der Waals surface area contributed by atoms with Crippen molar-refractivity contribution in [2.24, 2.45) is 5.92 Å². The smallest absolute Gasteiger partial charge is 0.0406 e. The predicted octanol–water partition coefficient (Wildman–Crippen LogP) is 4.68. The summed E-state index contributed by atoms with van der Waals surface area (Å²) in [5, 5.41) is 8.91. The molecule has 19 heavy (non-hydrogen) atoms. The number of nitrogens with one attached hydrogen (secondary N) is 1. The number of halogens is 1. The van der Waals surface area contributed by atoms with Crippen LogP contribution in [0.3, 0.4) is 0 Å². The lowest BCUT2D eigenvalue weighted by Crippen LogP contribution is -2.25. The maximum atomic E-state index is 5.96. The van der Waals surface area contributed by atoms with Crippen LogP contribution >= 0.6 is 22.9 Å². The van der Waals surface area contributed by atoms with E-state index in [4.69, 9.17) is 11.6 Å². The van der Waals surface area contributed by atoms with Gasteiger partial charge < -0.3 is 5.32 Å². The molecule has 1 saturated carbocycles. The van der Waals surface area contributed by atoms with Gasteiger partial charge in [-0.05, 0) is 71.8 Å². The van der Waals surface area contributed by atoms with Crippen molar-refractivity contribution in [2.45, 2.75) is 25.3 Å². The normalized spacial score (nSPS) is 16.5. The molecule has 1 heterocycles. The molecule has 2 aromatic rings. The van der Waals surface area contributed by atoms with Gasteiger partial charge in [0.25, 0.3) is 0 Å². The molecule has 1 nitrogen and oxygen atoms in total. The van der Waals surface area contributed by atoms with Crippen LogP contribution in [-0.2, 0) is 6.42 Å². The minimum atomic E-state index is 0.496. The molecule has 0 bridgehead atoms. The molecule has 0 saturated heterocycles. The first kappa shape index (κ1) is 13.2. The summed E-state index contributed by atoms with van der Waals surface area (Å²) in [6.07, 6.45) is 3.80. The largest absolute Gasteiger partial charge is 0.309 e. The molecular weight excluding hydrogens is 274 g/mol. The molecule has 1 aliphatic rings. The topological polar surface area (TPSA) is 12.0 Å². The summed E-state index contributed by atoms with van der Waals surface area (Å²) in [5.41, 5.74) is 2.81. The summed E-state index contributed by atoms with van der Waals surface area (Å²) in [5.74, 6) is 0.809. The Labute approximate surface area is 123 Å². The molecule has 0 amide bonds. The third-order valence-electron chi connectivity index (χ3n) is 3.68. The van der Waals surface area contributed by atoms with Crippen LogP contribution < -0.4 is 5.32 Å². The number of thiophene rings is 1. The lowest BCUT2D eigenvalue weighted by molar-refractivity contribution is 0.484. The van der Waals surface area contributed by atoms with Gasteiger partial charge in [-0.25, -0.2) is 0 Å². The Hall–Kier alpha value is -0.830. The minimum absolute atomic E-state index is 0.496. The highest BCUT2D eigenvalue weighted by Gasteiger charge is 2.31. The highest BCUT2D eigenvalue weighted by atomic mass is 35.5. The molecule has 1 aromatic carbocycles. The quantitative estimate of drug-likeness (QED) is 0.814. The van der Waals surface area contributed by atoms with Crippen molar-refractivity contribution in [3.8, 4) is 0 Å². The zero-order valence-electron chi connectivity index (χ0n) is 10.8. The van der Waals surface area contributed by atoms with Crippen molar-refractivity contribution >= 4 is 22.9 Å². The average molecular weight is 292 g/mol. The highest BCUT2D eigenvalue weighted by molar-refractivity contribution is 7.07. The van der Waals surface area contributed by atoms with Gasteiger partial charge in [-0.2, -0.15) is 11.3 Å².